The summed E-state index contributed by atoms with van der Waals surface area (Å²) in [4.78, 5) is 33.2. The molecule has 0 bridgehead atoms. The summed E-state index contributed by atoms with van der Waals surface area (Å²) in [5, 5.41) is 4.08. The van der Waals surface area contributed by atoms with Crippen LogP contribution in [0.2, 0.25) is 0 Å². The quantitative estimate of drug-likeness (QED) is 0.737. The zero-order valence-corrected chi connectivity index (χ0v) is 12.2. The summed E-state index contributed by atoms with van der Waals surface area (Å²) >= 11 is 0. The van der Waals surface area contributed by atoms with Crippen LogP contribution in [0.15, 0.2) is 12.5 Å². The first-order valence-electron chi connectivity index (χ1n) is 6.58. The van der Waals surface area contributed by atoms with Gasteiger partial charge in [0, 0.05) is 19.8 Å². The second kappa shape index (κ2) is 6.29. The van der Waals surface area contributed by atoms with E-state index in [9.17, 15) is 9.59 Å². The third-order valence-corrected chi connectivity index (χ3v) is 3.20. The molecule has 0 N–H and O–H groups in total. The molecular weight excluding hydrogens is 274 g/mol. The molecule has 0 fully saturated rings. The number of hydrogen-bond donors (Lipinski definition) is 0. The number of esters is 1. The van der Waals surface area contributed by atoms with Crippen molar-refractivity contribution in [3.8, 4) is 0 Å². The molecule has 8 heteroatoms. The summed E-state index contributed by atoms with van der Waals surface area (Å²) in [6, 6.07) is 0. The molecule has 0 radical (unpaired) electrons. The molecular formula is C13H17N5O3. The van der Waals surface area contributed by atoms with Crippen molar-refractivity contribution in [1.29, 1.82) is 0 Å². The van der Waals surface area contributed by atoms with E-state index in [2.05, 4.69) is 19.8 Å². The van der Waals surface area contributed by atoms with E-state index in [-0.39, 0.29) is 24.8 Å². The van der Waals surface area contributed by atoms with Crippen LogP contribution in [-0.4, -0.2) is 57.1 Å². The number of nitrogens with zero attached hydrogens (tertiary/aromatic N) is 5. The van der Waals surface area contributed by atoms with E-state index in [4.69, 9.17) is 0 Å². The second-order valence-corrected chi connectivity index (χ2v) is 4.50. The van der Waals surface area contributed by atoms with E-state index < -0.39 is 0 Å². The Balaban J connectivity index is 2.24. The largest absolute Gasteiger partial charge is 0.469 e. The monoisotopic (exact) mass is 291 g/mol. The van der Waals surface area contributed by atoms with Crippen molar-refractivity contribution in [3.05, 3.63) is 23.8 Å². The topological polar surface area (TPSA) is 89.7 Å². The van der Waals surface area contributed by atoms with Crippen LogP contribution in [0.5, 0.6) is 0 Å². The maximum atomic E-state index is 12.5. The molecule has 0 aromatic carbocycles. The molecule has 1 amide bonds. The van der Waals surface area contributed by atoms with Gasteiger partial charge in [0.25, 0.3) is 11.7 Å². The van der Waals surface area contributed by atoms with Gasteiger partial charge in [-0.25, -0.2) is 9.50 Å². The summed E-state index contributed by atoms with van der Waals surface area (Å²) < 4.78 is 6.12. The summed E-state index contributed by atoms with van der Waals surface area (Å²) in [6.45, 7) is 2.21. The minimum atomic E-state index is -0.352. The molecule has 8 nitrogen and oxygen atoms in total. The van der Waals surface area contributed by atoms with Crippen molar-refractivity contribution in [2.45, 2.75) is 19.8 Å². The van der Waals surface area contributed by atoms with Crippen LogP contribution < -0.4 is 0 Å². The van der Waals surface area contributed by atoms with Gasteiger partial charge in [0.2, 0.25) is 0 Å². The highest BCUT2D eigenvalue weighted by Crippen LogP contribution is 2.12. The van der Waals surface area contributed by atoms with Gasteiger partial charge in [-0.05, 0) is 6.42 Å². The number of ether oxygens (including phenoxy) is 1. The van der Waals surface area contributed by atoms with Crippen molar-refractivity contribution >= 4 is 17.7 Å². The Morgan fingerprint density at radius 1 is 1.38 bits per heavy atom. The smallest absolute Gasteiger partial charge is 0.307 e. The summed E-state index contributed by atoms with van der Waals surface area (Å²) in [5.74, 6) is -0.100. The molecule has 21 heavy (non-hydrogen) atoms. The third kappa shape index (κ3) is 2.99. The zero-order valence-electron chi connectivity index (χ0n) is 12.2. The number of aryl methyl sites for hydroxylation is 1. The fraction of sp³-hybridized carbons (Fsp3) is 0.462. The highest BCUT2D eigenvalue weighted by Gasteiger charge is 2.19. The number of rotatable bonds is 5. The number of fused-ring (bicyclic) bond motifs is 1. The van der Waals surface area contributed by atoms with Crippen molar-refractivity contribution in [3.63, 3.8) is 0 Å². The fourth-order valence-electron chi connectivity index (χ4n) is 2.01. The lowest BCUT2D eigenvalue weighted by atomic mass is 10.1. The highest BCUT2D eigenvalue weighted by molar-refractivity contribution is 5.95. The number of carbonyl (C=O) groups is 2. The fourth-order valence-corrected chi connectivity index (χ4v) is 2.01. The summed E-state index contributed by atoms with van der Waals surface area (Å²) in [7, 11) is 2.96. The Hall–Kier alpha value is -2.51. The van der Waals surface area contributed by atoms with E-state index in [0.717, 1.165) is 5.69 Å². The third-order valence-electron chi connectivity index (χ3n) is 3.20. The van der Waals surface area contributed by atoms with E-state index in [1.54, 1.807) is 11.6 Å². The summed E-state index contributed by atoms with van der Waals surface area (Å²) in [6.07, 6.45) is 3.67. The van der Waals surface area contributed by atoms with Crippen molar-refractivity contribution in [1.82, 2.24) is 24.5 Å². The zero-order chi connectivity index (χ0) is 15.4. The normalized spacial score (nSPS) is 10.6. The van der Waals surface area contributed by atoms with E-state index in [1.165, 1.54) is 24.5 Å². The Bertz CT molecular complexity index is 667. The lowest BCUT2D eigenvalue weighted by Crippen LogP contribution is -2.30. The van der Waals surface area contributed by atoms with E-state index >= 15 is 0 Å². The molecule has 0 saturated heterocycles. The highest BCUT2D eigenvalue weighted by atomic mass is 16.5. The van der Waals surface area contributed by atoms with Crippen LogP contribution in [0, 0.1) is 0 Å². The predicted octanol–water partition coefficient (Wildman–Crippen LogP) is 0.322. The van der Waals surface area contributed by atoms with Crippen LogP contribution in [0.4, 0.5) is 0 Å². The van der Waals surface area contributed by atoms with Crippen LogP contribution in [0.25, 0.3) is 5.78 Å². The molecule has 0 unspecified atom stereocenters. The van der Waals surface area contributed by atoms with Crippen LogP contribution >= 0.6 is 0 Å². The molecule has 0 spiro atoms. The molecule has 2 rings (SSSR count). The molecule has 2 aromatic rings. The van der Waals surface area contributed by atoms with E-state index in [1.807, 2.05) is 6.92 Å². The number of aromatic nitrogens is 4. The molecule has 0 aliphatic rings. The first-order valence-corrected chi connectivity index (χ1v) is 6.58. The molecule has 0 aliphatic carbocycles. The molecule has 0 saturated carbocycles. The van der Waals surface area contributed by atoms with Gasteiger partial charge >= 0.3 is 5.97 Å². The molecule has 0 aliphatic heterocycles. The van der Waals surface area contributed by atoms with Gasteiger partial charge in [0.15, 0.2) is 0 Å². The maximum Gasteiger partial charge on any atom is 0.307 e. The SMILES string of the molecule is CCc1c(C(=O)N(C)CCC(=O)OC)cnc2ncnn12. The van der Waals surface area contributed by atoms with E-state index in [0.29, 0.717) is 17.8 Å². The van der Waals surface area contributed by atoms with Crippen molar-refractivity contribution < 1.29 is 14.3 Å². The lowest BCUT2D eigenvalue weighted by Gasteiger charge is -2.18. The molecule has 2 aromatic heterocycles. The molecule has 112 valence electrons. The Morgan fingerprint density at radius 3 is 2.81 bits per heavy atom. The first-order chi connectivity index (χ1) is 10.1. The molecule has 0 atom stereocenters. The van der Waals surface area contributed by atoms with Gasteiger partial charge in [-0.2, -0.15) is 10.1 Å². The minimum Gasteiger partial charge on any atom is -0.469 e. The predicted molar refractivity (Wildman–Crippen MR) is 73.8 cm³/mol. The maximum absolute atomic E-state index is 12.5. The van der Waals surface area contributed by atoms with Gasteiger partial charge < -0.3 is 9.64 Å². The Kier molecular flexibility index (Phi) is 4.46. The van der Waals surface area contributed by atoms with Gasteiger partial charge in [-0.15, -0.1) is 0 Å². The Morgan fingerprint density at radius 2 is 2.14 bits per heavy atom. The Labute approximate surface area is 121 Å². The van der Waals surface area contributed by atoms with Gasteiger partial charge in [-0.3, -0.25) is 9.59 Å². The van der Waals surface area contributed by atoms with Gasteiger partial charge in [0.1, 0.15) is 6.33 Å². The number of hydrogen-bond acceptors (Lipinski definition) is 6. The average Bonchev–Trinajstić information content (AvgIpc) is 2.98. The second-order valence-electron chi connectivity index (χ2n) is 4.50. The van der Waals surface area contributed by atoms with Crippen molar-refractivity contribution in [2.24, 2.45) is 0 Å². The minimum absolute atomic E-state index is 0.152. The van der Waals surface area contributed by atoms with Gasteiger partial charge in [0.05, 0.1) is 24.8 Å². The summed E-state index contributed by atoms with van der Waals surface area (Å²) in [5.41, 5.74) is 1.20. The number of methoxy groups -OCH3 is 1. The lowest BCUT2D eigenvalue weighted by molar-refractivity contribution is -0.140. The van der Waals surface area contributed by atoms with Crippen LogP contribution in [0.3, 0.4) is 0 Å². The van der Waals surface area contributed by atoms with Crippen LogP contribution in [0.1, 0.15) is 29.4 Å². The van der Waals surface area contributed by atoms with Crippen molar-refractivity contribution in [2.75, 3.05) is 20.7 Å². The standard InChI is InChI=1S/C13H17N5O3/c1-4-10-9(7-14-13-15-8-16-18(10)13)12(20)17(2)6-5-11(19)21-3/h7-8H,4-6H2,1-3H3. The van der Waals surface area contributed by atoms with Gasteiger partial charge in [-0.1, -0.05) is 6.92 Å². The van der Waals surface area contributed by atoms with Crippen LogP contribution in [-0.2, 0) is 16.0 Å². The number of amides is 1. The first kappa shape index (κ1) is 14.9. The number of carbonyl (C=O) groups excluding carboxylic acids is 2. The molecule has 2 heterocycles. The average molecular weight is 291 g/mol.